The molecular weight excluding hydrogens is 492 g/mol. The van der Waals surface area contributed by atoms with E-state index in [1.165, 1.54) is 23.2 Å². The van der Waals surface area contributed by atoms with E-state index in [9.17, 15) is 36.3 Å². The Morgan fingerprint density at radius 3 is 2.14 bits per heavy atom. The second-order valence-electron chi connectivity index (χ2n) is 8.26. The fourth-order valence-electron chi connectivity index (χ4n) is 4.00. The van der Waals surface area contributed by atoms with E-state index >= 15 is 0 Å². The van der Waals surface area contributed by atoms with Gasteiger partial charge in [0.2, 0.25) is 0 Å². The van der Waals surface area contributed by atoms with Gasteiger partial charge < -0.3 is 15.3 Å². The Kier molecular flexibility index (Phi) is 6.56. The largest absolute Gasteiger partial charge is 0.711 e. The molecule has 1 saturated heterocycles. The zero-order valence-corrected chi connectivity index (χ0v) is 18.4. The summed E-state index contributed by atoms with van der Waals surface area (Å²) in [6.07, 6.45) is -8.75. The molecule has 0 saturated carbocycles. The molecule has 2 aromatic carbocycles. The molecule has 1 fully saturated rings. The van der Waals surface area contributed by atoms with Crippen LogP contribution in [0.1, 0.15) is 22.3 Å². The molecule has 0 aliphatic carbocycles. The van der Waals surface area contributed by atoms with Gasteiger partial charge in [0.15, 0.2) is 0 Å². The molecule has 190 valence electrons. The minimum atomic E-state index is -4.98. The summed E-state index contributed by atoms with van der Waals surface area (Å²) in [5.41, 5.74) is -3.87. The monoisotopic (exact) mass is 511 g/mol. The number of benzene rings is 2. The van der Waals surface area contributed by atoms with Crippen molar-refractivity contribution in [1.82, 2.24) is 5.32 Å². The topological polar surface area (TPSA) is 68.5 Å². The lowest BCUT2D eigenvalue weighted by Crippen LogP contribution is -2.45. The van der Waals surface area contributed by atoms with E-state index in [4.69, 9.17) is 4.74 Å². The van der Waals surface area contributed by atoms with Crippen molar-refractivity contribution in [2.24, 2.45) is 0 Å². The Bertz CT molecular complexity index is 1220. The third-order valence-electron chi connectivity index (χ3n) is 5.69. The first-order chi connectivity index (χ1) is 16.9. The van der Waals surface area contributed by atoms with Gasteiger partial charge in [0, 0.05) is 6.07 Å². The highest BCUT2D eigenvalue weighted by Gasteiger charge is 2.50. The quantitative estimate of drug-likeness (QED) is 0.288. The van der Waals surface area contributed by atoms with E-state index in [2.05, 4.69) is 5.32 Å². The van der Waals surface area contributed by atoms with Crippen molar-refractivity contribution >= 4 is 11.8 Å². The lowest BCUT2D eigenvalue weighted by Gasteiger charge is -2.27. The maximum Gasteiger partial charge on any atom is 0.416 e. The molecule has 1 aliphatic heterocycles. The molecular formula is C24H19F6N3O3. The van der Waals surface area contributed by atoms with E-state index in [1.54, 1.807) is 36.4 Å². The van der Waals surface area contributed by atoms with Crippen LogP contribution in [0.3, 0.4) is 0 Å². The van der Waals surface area contributed by atoms with Crippen LogP contribution in [0.25, 0.3) is 0 Å². The van der Waals surface area contributed by atoms with Gasteiger partial charge in [-0.3, -0.25) is 0 Å². The van der Waals surface area contributed by atoms with Gasteiger partial charge in [-0.2, -0.15) is 31.2 Å². The molecule has 0 bridgehead atoms. The van der Waals surface area contributed by atoms with Crippen LogP contribution in [-0.2, 0) is 29.2 Å². The van der Waals surface area contributed by atoms with Crippen molar-refractivity contribution in [3.8, 4) is 0 Å². The zero-order valence-electron chi connectivity index (χ0n) is 18.4. The Hall–Kier alpha value is -3.80. The number of hydrogen-bond acceptors (Lipinski definition) is 3. The minimum absolute atomic E-state index is 0.0421. The molecule has 0 spiro atoms. The van der Waals surface area contributed by atoms with Crippen LogP contribution in [0.2, 0.25) is 0 Å². The molecule has 1 atom stereocenters. The Labute approximate surface area is 201 Å². The van der Waals surface area contributed by atoms with Gasteiger partial charge >= 0.3 is 18.4 Å². The first kappa shape index (κ1) is 25.3. The van der Waals surface area contributed by atoms with Gasteiger partial charge in [-0.1, -0.05) is 36.4 Å². The average molecular weight is 511 g/mol. The second-order valence-corrected chi connectivity index (χ2v) is 8.26. The van der Waals surface area contributed by atoms with Crippen LogP contribution in [0.5, 0.6) is 0 Å². The standard InChI is InChI=1S/C24H19F6N3O3/c25-23(26,27)18-10-16(11-19(12-18)24(28,29)30)13-36-15-22(17-6-2-1-3-7-17)14-32(21(34)31-22)20-8-4-5-9-33(20)35/h1-12H,13-15H2,(H,31,34)/t22-/m1/s1. The van der Waals surface area contributed by atoms with Crippen LogP contribution in [0.4, 0.5) is 37.0 Å². The number of halogens is 6. The van der Waals surface area contributed by atoms with E-state index in [0.29, 0.717) is 22.4 Å². The maximum absolute atomic E-state index is 13.2. The predicted octanol–water partition coefficient (Wildman–Crippen LogP) is 5.00. The highest BCUT2D eigenvalue weighted by molar-refractivity contribution is 5.94. The maximum atomic E-state index is 13.2. The Balaban J connectivity index is 1.61. The number of nitrogens with one attached hydrogen (secondary N) is 1. The molecule has 2 heterocycles. The van der Waals surface area contributed by atoms with E-state index in [0.717, 1.165) is 0 Å². The van der Waals surface area contributed by atoms with Gasteiger partial charge in [0.05, 0.1) is 30.5 Å². The van der Waals surface area contributed by atoms with Crippen LogP contribution in [-0.4, -0.2) is 19.2 Å². The fraction of sp³-hybridized carbons (Fsp3) is 0.250. The number of carbonyl (C=O) groups is 1. The number of alkyl halides is 6. The van der Waals surface area contributed by atoms with E-state index in [-0.39, 0.29) is 30.6 Å². The molecule has 2 amide bonds. The molecule has 3 aromatic rings. The molecule has 12 heteroatoms. The molecule has 6 nitrogen and oxygen atoms in total. The van der Waals surface area contributed by atoms with Gasteiger partial charge in [-0.05, 0) is 35.4 Å². The second kappa shape index (κ2) is 9.34. The number of carbonyl (C=O) groups excluding carboxylic acids is 1. The van der Waals surface area contributed by atoms with Crippen molar-refractivity contribution in [3.05, 3.63) is 100 Å². The zero-order chi connectivity index (χ0) is 26.1. The molecule has 1 N–H and O–H groups in total. The number of amides is 2. The normalized spacial score (nSPS) is 18.4. The Morgan fingerprint density at radius 2 is 1.56 bits per heavy atom. The lowest BCUT2D eigenvalue weighted by molar-refractivity contribution is -0.591. The average Bonchev–Trinajstić information content (AvgIpc) is 3.16. The van der Waals surface area contributed by atoms with Crippen LogP contribution < -0.4 is 14.9 Å². The van der Waals surface area contributed by atoms with Crippen LogP contribution in [0.15, 0.2) is 72.9 Å². The Morgan fingerprint density at radius 1 is 0.944 bits per heavy atom. The fourth-order valence-corrected chi connectivity index (χ4v) is 4.00. The summed E-state index contributed by atoms with van der Waals surface area (Å²) in [4.78, 5) is 14.0. The third kappa shape index (κ3) is 5.23. The number of rotatable bonds is 6. The molecule has 1 aliphatic rings. The number of anilines is 1. The SMILES string of the molecule is O=C1N[C@](COCc2cc(C(F)(F)F)cc(C(F)(F)F)c2)(c2ccccc2)CN1c1cccc[n+]1[O-]. The van der Waals surface area contributed by atoms with Crippen molar-refractivity contribution in [2.75, 3.05) is 18.1 Å². The van der Waals surface area contributed by atoms with Crippen molar-refractivity contribution in [3.63, 3.8) is 0 Å². The van der Waals surface area contributed by atoms with Crippen LogP contribution >= 0.6 is 0 Å². The van der Waals surface area contributed by atoms with Crippen molar-refractivity contribution < 1.29 is 40.6 Å². The predicted molar refractivity (Wildman–Crippen MR) is 116 cm³/mol. The van der Waals surface area contributed by atoms with Gasteiger partial charge in [0.25, 0.3) is 5.82 Å². The van der Waals surface area contributed by atoms with E-state index in [1.807, 2.05) is 0 Å². The number of aromatic nitrogens is 1. The number of urea groups is 1. The minimum Gasteiger partial charge on any atom is -0.711 e. The number of nitrogens with zero attached hydrogens (tertiary/aromatic N) is 2. The molecule has 0 unspecified atom stereocenters. The van der Waals surface area contributed by atoms with Crippen molar-refractivity contribution in [2.45, 2.75) is 24.5 Å². The molecule has 0 radical (unpaired) electrons. The molecule has 36 heavy (non-hydrogen) atoms. The summed E-state index contributed by atoms with van der Waals surface area (Å²) < 4.78 is 85.2. The summed E-state index contributed by atoms with van der Waals surface area (Å²) in [6, 6.07) is 13.6. The summed E-state index contributed by atoms with van der Waals surface area (Å²) in [6.45, 7) is -0.939. The number of ether oxygens (including phenoxy) is 1. The summed E-state index contributed by atoms with van der Waals surface area (Å²) in [7, 11) is 0. The first-order valence-electron chi connectivity index (χ1n) is 10.6. The third-order valence-corrected chi connectivity index (χ3v) is 5.69. The smallest absolute Gasteiger partial charge is 0.416 e. The van der Waals surface area contributed by atoms with Gasteiger partial charge in [-0.25, -0.2) is 9.52 Å². The first-order valence-corrected chi connectivity index (χ1v) is 10.6. The van der Waals surface area contributed by atoms with Crippen LogP contribution in [0, 0.1) is 5.21 Å². The number of pyridine rings is 1. The number of hydrogen-bond donors (Lipinski definition) is 1. The van der Waals surface area contributed by atoms with Crippen molar-refractivity contribution in [1.29, 1.82) is 0 Å². The molecule has 1 aromatic heterocycles. The van der Waals surface area contributed by atoms with Gasteiger partial charge in [-0.15, -0.1) is 0 Å². The lowest BCUT2D eigenvalue weighted by atomic mass is 9.91. The summed E-state index contributed by atoms with van der Waals surface area (Å²) >= 11 is 0. The van der Waals surface area contributed by atoms with E-state index < -0.39 is 41.7 Å². The summed E-state index contributed by atoms with van der Waals surface area (Å²) in [5, 5.41) is 15.0. The highest BCUT2D eigenvalue weighted by Crippen LogP contribution is 2.37. The molecule has 4 rings (SSSR count). The summed E-state index contributed by atoms with van der Waals surface area (Å²) in [5.74, 6) is 0.0421. The highest BCUT2D eigenvalue weighted by atomic mass is 19.4. The van der Waals surface area contributed by atoms with Gasteiger partial charge in [0.1, 0.15) is 12.1 Å².